The topological polar surface area (TPSA) is 36.9 Å². The third-order valence-corrected chi connectivity index (χ3v) is 6.31. The van der Waals surface area contributed by atoms with Crippen molar-refractivity contribution < 1.29 is 4.74 Å². The Labute approximate surface area is 148 Å². The van der Waals surface area contributed by atoms with Gasteiger partial charge in [0.2, 0.25) is 0 Å². The average Bonchev–Trinajstić information content (AvgIpc) is 2.98. The van der Waals surface area contributed by atoms with E-state index in [2.05, 4.69) is 36.0 Å². The molecule has 0 radical (unpaired) electrons. The van der Waals surface area contributed by atoms with E-state index in [1.54, 1.807) is 0 Å². The second-order valence-electron chi connectivity index (χ2n) is 9.20. The van der Waals surface area contributed by atoms with Crippen molar-refractivity contribution in [2.45, 2.75) is 65.4 Å². The highest BCUT2D eigenvalue weighted by atomic mass is 16.5. The van der Waals surface area contributed by atoms with Gasteiger partial charge in [-0.1, -0.05) is 33.6 Å². The van der Waals surface area contributed by atoms with E-state index in [1.807, 2.05) is 7.05 Å². The number of likely N-dealkylation sites (tertiary alicyclic amines) is 1. The lowest BCUT2D eigenvalue weighted by Gasteiger charge is -2.40. The fourth-order valence-corrected chi connectivity index (χ4v) is 5.14. The van der Waals surface area contributed by atoms with E-state index in [1.165, 1.54) is 51.6 Å². The molecule has 4 atom stereocenters. The molecule has 3 rings (SSSR count). The Morgan fingerprint density at radius 2 is 1.75 bits per heavy atom. The standard InChI is InChI=1S/C20H37N3O/c1-20(2,3)18-15(10-7-11-24-18)12-22-19(21-4)23-13-16-8-5-6-9-17(16)14-23/h15-18H,5-14H2,1-4H3,(H,21,22). The fraction of sp³-hybridized carbons (Fsp3) is 0.950. The van der Waals surface area contributed by atoms with Crippen LogP contribution >= 0.6 is 0 Å². The number of aliphatic imine (C=N–C) groups is 1. The molecule has 138 valence electrons. The molecule has 0 bridgehead atoms. The van der Waals surface area contributed by atoms with Crippen molar-refractivity contribution in [2.75, 3.05) is 33.3 Å². The lowest BCUT2D eigenvalue weighted by molar-refractivity contribution is -0.0836. The first-order valence-corrected chi connectivity index (χ1v) is 10.1. The van der Waals surface area contributed by atoms with Gasteiger partial charge in [0.15, 0.2) is 5.96 Å². The number of fused-ring (bicyclic) bond motifs is 1. The Morgan fingerprint density at radius 1 is 1.08 bits per heavy atom. The Hall–Kier alpha value is -0.770. The molecule has 0 aromatic heterocycles. The van der Waals surface area contributed by atoms with Crippen molar-refractivity contribution in [3.05, 3.63) is 0 Å². The van der Waals surface area contributed by atoms with E-state index >= 15 is 0 Å². The summed E-state index contributed by atoms with van der Waals surface area (Å²) in [6, 6.07) is 0. The summed E-state index contributed by atoms with van der Waals surface area (Å²) < 4.78 is 6.13. The van der Waals surface area contributed by atoms with Gasteiger partial charge >= 0.3 is 0 Å². The van der Waals surface area contributed by atoms with Crippen LogP contribution in [0.3, 0.4) is 0 Å². The van der Waals surface area contributed by atoms with Gasteiger partial charge in [-0.25, -0.2) is 0 Å². The van der Waals surface area contributed by atoms with E-state index in [4.69, 9.17) is 4.74 Å². The molecule has 0 aromatic rings. The highest BCUT2D eigenvalue weighted by Crippen LogP contribution is 2.36. The number of hydrogen-bond acceptors (Lipinski definition) is 2. The summed E-state index contributed by atoms with van der Waals surface area (Å²) in [5.41, 5.74) is 0.207. The van der Waals surface area contributed by atoms with Crippen molar-refractivity contribution >= 4 is 5.96 Å². The second kappa shape index (κ2) is 7.63. The monoisotopic (exact) mass is 335 g/mol. The van der Waals surface area contributed by atoms with Crippen LogP contribution in [-0.4, -0.2) is 50.3 Å². The maximum absolute atomic E-state index is 6.13. The number of ether oxygens (including phenoxy) is 1. The third kappa shape index (κ3) is 4.07. The first-order valence-electron chi connectivity index (χ1n) is 10.1. The van der Waals surface area contributed by atoms with E-state index < -0.39 is 0 Å². The van der Waals surface area contributed by atoms with E-state index in [0.717, 1.165) is 30.9 Å². The minimum atomic E-state index is 0.207. The summed E-state index contributed by atoms with van der Waals surface area (Å²) >= 11 is 0. The van der Waals surface area contributed by atoms with Gasteiger partial charge in [0.1, 0.15) is 0 Å². The molecular weight excluding hydrogens is 298 g/mol. The molecule has 3 fully saturated rings. The van der Waals surface area contributed by atoms with Crippen LogP contribution in [0.2, 0.25) is 0 Å². The normalized spacial score (nSPS) is 35.0. The maximum atomic E-state index is 6.13. The molecule has 0 spiro atoms. The number of hydrogen-bond donors (Lipinski definition) is 1. The van der Waals surface area contributed by atoms with Crippen molar-refractivity contribution in [3.8, 4) is 0 Å². The number of nitrogens with zero attached hydrogens (tertiary/aromatic N) is 2. The Balaban J connectivity index is 1.56. The first kappa shape index (κ1) is 18.0. The van der Waals surface area contributed by atoms with Gasteiger partial charge in [-0.2, -0.15) is 0 Å². The molecule has 4 heteroatoms. The molecular formula is C20H37N3O. The lowest BCUT2D eigenvalue weighted by atomic mass is 9.78. The largest absolute Gasteiger partial charge is 0.377 e. The van der Waals surface area contributed by atoms with Gasteiger partial charge < -0.3 is 15.0 Å². The lowest BCUT2D eigenvalue weighted by Crippen LogP contribution is -2.48. The average molecular weight is 336 g/mol. The van der Waals surface area contributed by atoms with Crippen LogP contribution in [0.4, 0.5) is 0 Å². The molecule has 1 N–H and O–H groups in total. The zero-order valence-electron chi connectivity index (χ0n) is 16.2. The molecule has 0 amide bonds. The van der Waals surface area contributed by atoms with Crippen molar-refractivity contribution in [1.82, 2.24) is 10.2 Å². The SMILES string of the molecule is CN=C(NCC1CCCOC1C(C)(C)C)N1CC2CCCCC2C1. The Kier molecular flexibility index (Phi) is 5.74. The Morgan fingerprint density at radius 3 is 2.33 bits per heavy atom. The molecule has 1 aliphatic carbocycles. The molecule has 2 saturated heterocycles. The highest BCUT2D eigenvalue weighted by molar-refractivity contribution is 5.80. The molecule has 4 unspecified atom stereocenters. The molecule has 24 heavy (non-hydrogen) atoms. The van der Waals surface area contributed by atoms with Gasteiger partial charge in [-0.15, -0.1) is 0 Å². The summed E-state index contributed by atoms with van der Waals surface area (Å²) in [7, 11) is 1.93. The molecule has 0 aromatic carbocycles. The van der Waals surface area contributed by atoms with Crippen molar-refractivity contribution in [1.29, 1.82) is 0 Å². The van der Waals surface area contributed by atoms with Gasteiger partial charge in [0, 0.05) is 39.2 Å². The summed E-state index contributed by atoms with van der Waals surface area (Å²) in [5, 5.41) is 3.69. The molecule has 3 aliphatic rings. The summed E-state index contributed by atoms with van der Waals surface area (Å²) in [6.07, 6.45) is 8.48. The van der Waals surface area contributed by atoms with Crippen LogP contribution in [0.5, 0.6) is 0 Å². The maximum Gasteiger partial charge on any atom is 0.193 e. The number of nitrogens with one attached hydrogen (secondary N) is 1. The van der Waals surface area contributed by atoms with Crippen LogP contribution in [-0.2, 0) is 4.74 Å². The quantitative estimate of drug-likeness (QED) is 0.619. The van der Waals surface area contributed by atoms with Gasteiger partial charge in [0.05, 0.1) is 6.10 Å². The van der Waals surface area contributed by atoms with Crippen LogP contribution in [0.15, 0.2) is 4.99 Å². The fourth-order valence-electron chi connectivity index (χ4n) is 5.14. The first-order chi connectivity index (χ1) is 11.5. The van der Waals surface area contributed by atoms with Gasteiger partial charge in [-0.05, 0) is 42.9 Å². The van der Waals surface area contributed by atoms with E-state index in [9.17, 15) is 0 Å². The predicted molar refractivity (Wildman–Crippen MR) is 100 cm³/mol. The molecule has 2 heterocycles. The second-order valence-corrected chi connectivity index (χ2v) is 9.20. The predicted octanol–water partition coefficient (Wildman–Crippen LogP) is 3.53. The van der Waals surface area contributed by atoms with Gasteiger partial charge in [0.25, 0.3) is 0 Å². The van der Waals surface area contributed by atoms with E-state index in [-0.39, 0.29) is 5.41 Å². The zero-order valence-corrected chi connectivity index (χ0v) is 16.2. The number of rotatable bonds is 2. The van der Waals surface area contributed by atoms with Crippen molar-refractivity contribution in [2.24, 2.45) is 28.2 Å². The third-order valence-electron chi connectivity index (χ3n) is 6.31. The molecule has 1 saturated carbocycles. The number of guanidine groups is 1. The zero-order chi connectivity index (χ0) is 17.2. The van der Waals surface area contributed by atoms with Crippen molar-refractivity contribution in [3.63, 3.8) is 0 Å². The van der Waals surface area contributed by atoms with Crippen LogP contribution in [0.1, 0.15) is 59.3 Å². The van der Waals surface area contributed by atoms with Gasteiger partial charge in [-0.3, -0.25) is 4.99 Å². The minimum absolute atomic E-state index is 0.207. The minimum Gasteiger partial charge on any atom is -0.377 e. The van der Waals surface area contributed by atoms with E-state index in [0.29, 0.717) is 12.0 Å². The summed E-state index contributed by atoms with van der Waals surface area (Å²) in [6.45, 7) is 11.2. The van der Waals surface area contributed by atoms with Crippen LogP contribution in [0.25, 0.3) is 0 Å². The summed E-state index contributed by atoms with van der Waals surface area (Å²) in [5.74, 6) is 3.50. The highest BCUT2D eigenvalue weighted by Gasteiger charge is 2.37. The van der Waals surface area contributed by atoms with Crippen LogP contribution < -0.4 is 5.32 Å². The smallest absolute Gasteiger partial charge is 0.193 e. The van der Waals surface area contributed by atoms with Crippen LogP contribution in [0, 0.1) is 23.2 Å². The molecule has 4 nitrogen and oxygen atoms in total. The Bertz CT molecular complexity index is 429. The summed E-state index contributed by atoms with van der Waals surface area (Å²) in [4.78, 5) is 7.10. The molecule has 2 aliphatic heterocycles.